The summed E-state index contributed by atoms with van der Waals surface area (Å²) in [5.41, 5.74) is 1.12. The summed E-state index contributed by atoms with van der Waals surface area (Å²) in [7, 11) is -3.52. The van der Waals surface area contributed by atoms with Crippen molar-refractivity contribution in [3.8, 4) is 0 Å². The third kappa shape index (κ3) is 3.60. The number of hydrogen-bond acceptors (Lipinski definition) is 2. The Labute approximate surface area is 142 Å². The molecule has 1 aliphatic carbocycles. The zero-order chi connectivity index (χ0) is 16.3. The maximum absolute atomic E-state index is 12.5. The molecule has 2 aromatic rings. The van der Waals surface area contributed by atoms with Gasteiger partial charge in [0.15, 0.2) is 0 Å². The average Bonchev–Trinajstić information content (AvgIpc) is 3.05. The predicted octanol–water partition coefficient (Wildman–Crippen LogP) is 4.13. The highest BCUT2D eigenvalue weighted by Gasteiger charge is 2.36. The van der Waals surface area contributed by atoms with Gasteiger partial charge >= 0.3 is 0 Å². The molecule has 1 fully saturated rings. The second-order valence-electron chi connectivity index (χ2n) is 6.13. The van der Waals surface area contributed by atoms with Crippen LogP contribution in [0.4, 0.5) is 0 Å². The normalized spacial score (nSPS) is 17.3. The second kappa shape index (κ2) is 6.63. The summed E-state index contributed by atoms with van der Waals surface area (Å²) < 4.78 is 27.8. The van der Waals surface area contributed by atoms with E-state index in [1.165, 1.54) is 17.7 Å². The highest BCUT2D eigenvalue weighted by atomic mass is 35.5. The van der Waals surface area contributed by atoms with Crippen molar-refractivity contribution in [2.45, 2.75) is 36.0 Å². The summed E-state index contributed by atoms with van der Waals surface area (Å²) in [6, 6.07) is 16.5. The van der Waals surface area contributed by atoms with Gasteiger partial charge in [0.1, 0.15) is 0 Å². The molecule has 0 amide bonds. The Bertz CT molecular complexity index is 751. The van der Waals surface area contributed by atoms with E-state index in [9.17, 15) is 8.42 Å². The van der Waals surface area contributed by atoms with Crippen molar-refractivity contribution in [1.82, 2.24) is 4.72 Å². The summed E-state index contributed by atoms with van der Waals surface area (Å²) >= 11 is 5.83. The lowest BCUT2D eigenvalue weighted by atomic mass is 9.79. The zero-order valence-electron chi connectivity index (χ0n) is 12.8. The van der Waals surface area contributed by atoms with Crippen molar-refractivity contribution in [2.24, 2.45) is 0 Å². The van der Waals surface area contributed by atoms with E-state index in [1.54, 1.807) is 12.1 Å². The topological polar surface area (TPSA) is 46.2 Å². The van der Waals surface area contributed by atoms with E-state index in [4.69, 9.17) is 11.6 Å². The number of halogens is 1. The Kier molecular flexibility index (Phi) is 4.76. The van der Waals surface area contributed by atoms with E-state index < -0.39 is 10.0 Å². The smallest absolute Gasteiger partial charge is 0.210 e. The maximum atomic E-state index is 12.5. The third-order valence-electron chi connectivity index (χ3n) is 4.67. The van der Waals surface area contributed by atoms with E-state index in [0.29, 0.717) is 11.6 Å². The van der Waals surface area contributed by atoms with Gasteiger partial charge < -0.3 is 0 Å². The van der Waals surface area contributed by atoms with Crippen LogP contribution in [0.1, 0.15) is 31.2 Å². The molecule has 0 heterocycles. The molecule has 1 saturated carbocycles. The van der Waals surface area contributed by atoms with Crippen LogP contribution < -0.4 is 4.72 Å². The fraction of sp³-hybridized carbons (Fsp3) is 0.333. The van der Waals surface area contributed by atoms with Gasteiger partial charge in [-0.15, -0.1) is 0 Å². The maximum Gasteiger partial charge on any atom is 0.240 e. The molecule has 2 aromatic carbocycles. The Morgan fingerprint density at radius 3 is 2.17 bits per heavy atom. The summed E-state index contributed by atoms with van der Waals surface area (Å²) in [6.45, 7) is 0.433. The Balaban J connectivity index is 1.81. The van der Waals surface area contributed by atoms with Gasteiger partial charge in [0, 0.05) is 17.0 Å². The van der Waals surface area contributed by atoms with Gasteiger partial charge in [0.25, 0.3) is 0 Å². The number of sulfonamides is 1. The molecule has 122 valence electrons. The minimum absolute atomic E-state index is 0.0965. The number of benzene rings is 2. The molecule has 0 unspecified atom stereocenters. The molecule has 0 spiro atoms. The van der Waals surface area contributed by atoms with Gasteiger partial charge in [-0.2, -0.15) is 0 Å². The molecule has 0 radical (unpaired) electrons. The molecule has 0 bridgehead atoms. The molecule has 0 aliphatic heterocycles. The van der Waals surface area contributed by atoms with Crippen molar-refractivity contribution in [1.29, 1.82) is 0 Å². The molecule has 3 rings (SSSR count). The largest absolute Gasteiger partial charge is 0.240 e. The molecule has 0 atom stereocenters. The molecule has 1 N–H and O–H groups in total. The second-order valence-corrected chi connectivity index (χ2v) is 8.34. The first-order valence-corrected chi connectivity index (χ1v) is 9.69. The van der Waals surface area contributed by atoms with Crippen molar-refractivity contribution in [3.63, 3.8) is 0 Å². The molecule has 0 saturated heterocycles. The van der Waals surface area contributed by atoms with Crippen LogP contribution in [0.3, 0.4) is 0 Å². The van der Waals surface area contributed by atoms with E-state index in [2.05, 4.69) is 16.9 Å². The summed E-state index contributed by atoms with van der Waals surface area (Å²) in [5.74, 6) is 0. The molecular weight excluding hydrogens is 330 g/mol. The molecule has 1 aliphatic rings. The Hall–Kier alpha value is -1.36. The van der Waals surface area contributed by atoms with Crippen LogP contribution in [0.15, 0.2) is 59.5 Å². The standard InChI is InChI=1S/C18H20ClNO2S/c19-16-8-10-17(11-9-16)23(21,22)20-14-18(12-4-5-13-18)15-6-2-1-3-7-15/h1-3,6-11,20H,4-5,12-14H2. The van der Waals surface area contributed by atoms with Gasteiger partial charge in [-0.1, -0.05) is 54.8 Å². The van der Waals surface area contributed by atoms with E-state index >= 15 is 0 Å². The van der Waals surface area contributed by atoms with Crippen LogP contribution in [-0.4, -0.2) is 15.0 Å². The molecular formula is C18H20ClNO2S. The van der Waals surface area contributed by atoms with Crippen LogP contribution in [0.5, 0.6) is 0 Å². The van der Waals surface area contributed by atoms with Gasteiger partial charge in [-0.3, -0.25) is 0 Å². The number of hydrogen-bond donors (Lipinski definition) is 1. The lowest BCUT2D eigenvalue weighted by Gasteiger charge is -2.30. The fourth-order valence-corrected chi connectivity index (χ4v) is 4.59. The first kappa shape index (κ1) is 16.5. The highest BCUT2D eigenvalue weighted by molar-refractivity contribution is 7.89. The number of nitrogens with one attached hydrogen (secondary N) is 1. The Morgan fingerprint density at radius 2 is 1.57 bits per heavy atom. The van der Waals surface area contributed by atoms with E-state index in [-0.39, 0.29) is 10.3 Å². The van der Waals surface area contributed by atoms with Crippen LogP contribution in [0.2, 0.25) is 5.02 Å². The van der Waals surface area contributed by atoms with Gasteiger partial charge in [-0.25, -0.2) is 13.1 Å². The van der Waals surface area contributed by atoms with Crippen LogP contribution >= 0.6 is 11.6 Å². The van der Waals surface area contributed by atoms with Crippen LogP contribution in [0.25, 0.3) is 0 Å². The van der Waals surface area contributed by atoms with Crippen molar-refractivity contribution < 1.29 is 8.42 Å². The third-order valence-corrected chi connectivity index (χ3v) is 6.34. The average molecular weight is 350 g/mol. The molecule has 0 aromatic heterocycles. The summed E-state index contributed by atoms with van der Waals surface area (Å²) in [4.78, 5) is 0.253. The molecule has 5 heteroatoms. The van der Waals surface area contributed by atoms with Gasteiger partial charge in [0.2, 0.25) is 10.0 Å². The highest BCUT2D eigenvalue weighted by Crippen LogP contribution is 2.40. The van der Waals surface area contributed by atoms with E-state index in [1.807, 2.05) is 18.2 Å². The summed E-state index contributed by atoms with van der Waals surface area (Å²) in [5, 5.41) is 0.528. The first-order valence-electron chi connectivity index (χ1n) is 7.83. The van der Waals surface area contributed by atoms with Crippen molar-refractivity contribution in [2.75, 3.05) is 6.54 Å². The monoisotopic (exact) mass is 349 g/mol. The quantitative estimate of drug-likeness (QED) is 0.882. The summed E-state index contributed by atoms with van der Waals surface area (Å²) in [6.07, 6.45) is 4.30. The lowest BCUT2D eigenvalue weighted by molar-refractivity contribution is 0.432. The first-order chi connectivity index (χ1) is 11.0. The van der Waals surface area contributed by atoms with Crippen LogP contribution in [-0.2, 0) is 15.4 Å². The SMILES string of the molecule is O=S(=O)(NCC1(c2ccccc2)CCCC1)c1ccc(Cl)cc1. The number of rotatable bonds is 5. The Morgan fingerprint density at radius 1 is 0.957 bits per heavy atom. The molecule has 3 nitrogen and oxygen atoms in total. The van der Waals surface area contributed by atoms with Crippen molar-refractivity contribution in [3.05, 3.63) is 65.2 Å². The minimum atomic E-state index is -3.52. The van der Waals surface area contributed by atoms with Crippen molar-refractivity contribution >= 4 is 21.6 Å². The van der Waals surface area contributed by atoms with Gasteiger partial charge in [0.05, 0.1) is 4.90 Å². The lowest BCUT2D eigenvalue weighted by Crippen LogP contribution is -2.39. The van der Waals surface area contributed by atoms with E-state index in [0.717, 1.165) is 25.7 Å². The zero-order valence-corrected chi connectivity index (χ0v) is 14.4. The molecule has 23 heavy (non-hydrogen) atoms. The minimum Gasteiger partial charge on any atom is -0.210 e. The fourth-order valence-electron chi connectivity index (χ4n) is 3.34. The van der Waals surface area contributed by atoms with Crippen LogP contribution in [0, 0.1) is 0 Å². The predicted molar refractivity (Wildman–Crippen MR) is 93.2 cm³/mol. The van der Waals surface area contributed by atoms with Gasteiger partial charge in [-0.05, 0) is 42.7 Å².